The summed E-state index contributed by atoms with van der Waals surface area (Å²) in [5.41, 5.74) is 3.14. The number of aliphatic hydroxyl groups is 1. The first-order chi connectivity index (χ1) is 16.8. The molecule has 1 aliphatic heterocycles. The Kier molecular flexibility index (Phi) is 6.28. The fraction of sp³-hybridized carbons (Fsp3) is 0.280. The quantitative estimate of drug-likeness (QED) is 0.308. The number of fused-ring (bicyclic) bond motifs is 4. The van der Waals surface area contributed by atoms with E-state index in [1.165, 1.54) is 23.8 Å². The van der Waals surface area contributed by atoms with Crippen molar-refractivity contribution in [1.29, 1.82) is 0 Å². The van der Waals surface area contributed by atoms with Crippen molar-refractivity contribution >= 4 is 37.7 Å². The van der Waals surface area contributed by atoms with E-state index in [1.54, 1.807) is 18.2 Å². The zero-order valence-corrected chi connectivity index (χ0v) is 20.4. The fourth-order valence-corrected chi connectivity index (χ4v) is 5.14. The Morgan fingerprint density at radius 2 is 1.91 bits per heavy atom. The molecule has 184 valence electrons. The lowest BCUT2D eigenvalue weighted by molar-refractivity contribution is 0.172. The summed E-state index contributed by atoms with van der Waals surface area (Å²) in [4.78, 5) is 3.41. The number of aromatic amines is 1. The zero-order chi connectivity index (χ0) is 24.6. The minimum absolute atomic E-state index is 0.0880. The first kappa shape index (κ1) is 23.4. The molecule has 3 N–H and O–H groups in total. The highest BCUT2D eigenvalue weighted by Gasteiger charge is 2.33. The smallest absolute Gasteiger partial charge is 0.306 e. The Bertz CT molecular complexity index is 1470. The molecule has 1 aromatic heterocycles. The van der Waals surface area contributed by atoms with Gasteiger partial charge >= 0.3 is 10.2 Å². The Balaban J connectivity index is 1.15. The Morgan fingerprint density at radius 3 is 2.74 bits per heavy atom. The van der Waals surface area contributed by atoms with Crippen molar-refractivity contribution in [3.8, 4) is 11.5 Å². The molecule has 9 nitrogen and oxygen atoms in total. The summed E-state index contributed by atoms with van der Waals surface area (Å²) >= 11 is 0. The number of hydrogen-bond donors (Lipinski definition) is 3. The number of H-pyrrole nitrogens is 1. The van der Waals surface area contributed by atoms with Crippen LogP contribution in [0.25, 0.3) is 21.8 Å². The summed E-state index contributed by atoms with van der Waals surface area (Å²) in [6.07, 6.45) is -0.812. The number of nitrogens with zero attached hydrogens (tertiary/aromatic N) is 2. The molecule has 0 bridgehead atoms. The SMILES string of the molecule is CN(C)S(=O)(=O)N1COc2ccc(C(O)CNCCOc3ccc4c(c3)[nH]c3ccccc34)cc21. The van der Waals surface area contributed by atoms with E-state index in [9.17, 15) is 13.5 Å². The maximum Gasteiger partial charge on any atom is 0.306 e. The molecule has 10 heteroatoms. The molecule has 1 unspecified atom stereocenters. The molecular weight excluding hydrogens is 468 g/mol. The van der Waals surface area contributed by atoms with Crippen LogP contribution in [0.5, 0.6) is 11.5 Å². The van der Waals surface area contributed by atoms with Crippen LogP contribution in [0.4, 0.5) is 5.69 Å². The molecule has 0 fully saturated rings. The summed E-state index contributed by atoms with van der Waals surface area (Å²) in [6, 6.07) is 19.3. The maximum absolute atomic E-state index is 12.5. The average molecular weight is 497 g/mol. The molecule has 2 heterocycles. The van der Waals surface area contributed by atoms with Crippen LogP contribution in [0.1, 0.15) is 11.7 Å². The zero-order valence-electron chi connectivity index (χ0n) is 19.6. The van der Waals surface area contributed by atoms with Gasteiger partial charge in [-0.15, -0.1) is 0 Å². The van der Waals surface area contributed by atoms with E-state index in [-0.39, 0.29) is 6.73 Å². The third-order valence-corrected chi connectivity index (χ3v) is 7.86. The standard InChI is InChI=1S/C25H28N4O5S/c1-28(2)35(31,32)29-16-34-25-10-7-17(13-23(25)29)24(30)15-26-11-12-33-18-8-9-20-19-5-3-4-6-21(19)27-22(20)14-18/h3-10,13-14,24,26-27,30H,11-12,15-16H2,1-2H3. The molecule has 0 saturated carbocycles. The number of anilines is 1. The molecule has 0 saturated heterocycles. The van der Waals surface area contributed by atoms with Gasteiger partial charge in [0.1, 0.15) is 18.1 Å². The van der Waals surface area contributed by atoms with Crippen molar-refractivity contribution in [2.24, 2.45) is 0 Å². The third kappa shape index (κ3) is 4.53. The third-order valence-electron chi connectivity index (χ3n) is 6.08. The topological polar surface area (TPSA) is 107 Å². The Morgan fingerprint density at radius 1 is 1.11 bits per heavy atom. The number of aromatic nitrogens is 1. The molecule has 0 amide bonds. The van der Waals surface area contributed by atoms with Gasteiger partial charge in [0.25, 0.3) is 0 Å². The summed E-state index contributed by atoms with van der Waals surface area (Å²) in [6.45, 7) is 1.18. The van der Waals surface area contributed by atoms with Gasteiger partial charge in [-0.1, -0.05) is 24.3 Å². The van der Waals surface area contributed by atoms with Crippen LogP contribution in [-0.2, 0) is 10.2 Å². The molecule has 4 aromatic rings. The van der Waals surface area contributed by atoms with Crippen molar-refractivity contribution < 1.29 is 23.0 Å². The second-order valence-electron chi connectivity index (χ2n) is 8.59. The molecule has 5 rings (SSSR count). The molecule has 35 heavy (non-hydrogen) atoms. The van der Waals surface area contributed by atoms with E-state index in [0.29, 0.717) is 36.7 Å². The molecule has 0 spiro atoms. The van der Waals surface area contributed by atoms with Crippen molar-refractivity contribution in [2.45, 2.75) is 6.10 Å². The lowest BCUT2D eigenvalue weighted by atomic mass is 10.1. The molecule has 1 aliphatic rings. The first-order valence-corrected chi connectivity index (χ1v) is 12.7. The fourth-order valence-electron chi connectivity index (χ4n) is 4.17. The normalized spacial score (nSPS) is 14.5. The van der Waals surface area contributed by atoms with Crippen LogP contribution in [0, 0.1) is 0 Å². The lowest BCUT2D eigenvalue weighted by Crippen LogP contribution is -2.39. The number of nitrogens with one attached hydrogen (secondary N) is 2. The maximum atomic E-state index is 12.5. The van der Waals surface area contributed by atoms with Crippen molar-refractivity contribution in [3.63, 3.8) is 0 Å². The van der Waals surface area contributed by atoms with Gasteiger partial charge in [-0.05, 0) is 35.9 Å². The molecule has 0 radical (unpaired) electrons. The van der Waals surface area contributed by atoms with Crippen LogP contribution < -0.4 is 19.1 Å². The first-order valence-electron chi connectivity index (χ1n) is 11.3. The minimum Gasteiger partial charge on any atom is -0.492 e. The van der Waals surface area contributed by atoms with Gasteiger partial charge in [0.05, 0.1) is 17.3 Å². The monoisotopic (exact) mass is 496 g/mol. The summed E-state index contributed by atoms with van der Waals surface area (Å²) in [5, 5.41) is 16.2. The largest absolute Gasteiger partial charge is 0.492 e. The van der Waals surface area contributed by atoms with E-state index in [0.717, 1.165) is 26.5 Å². The van der Waals surface area contributed by atoms with E-state index >= 15 is 0 Å². The molecule has 0 aliphatic carbocycles. The lowest BCUT2D eigenvalue weighted by Gasteiger charge is -2.22. The predicted molar refractivity (Wildman–Crippen MR) is 136 cm³/mol. The number of ether oxygens (including phenoxy) is 2. The second-order valence-corrected chi connectivity index (χ2v) is 10.7. The summed E-state index contributed by atoms with van der Waals surface area (Å²) in [7, 11) is -0.742. The number of para-hydroxylation sites is 1. The van der Waals surface area contributed by atoms with Crippen LogP contribution in [0.2, 0.25) is 0 Å². The predicted octanol–water partition coefficient (Wildman–Crippen LogP) is 2.99. The van der Waals surface area contributed by atoms with E-state index in [2.05, 4.69) is 28.5 Å². The van der Waals surface area contributed by atoms with Gasteiger partial charge in [-0.2, -0.15) is 12.7 Å². The van der Waals surface area contributed by atoms with Crippen molar-refractivity contribution in [1.82, 2.24) is 14.6 Å². The Labute approximate surface area is 204 Å². The number of rotatable bonds is 9. The van der Waals surface area contributed by atoms with Crippen molar-refractivity contribution in [3.05, 3.63) is 66.2 Å². The highest BCUT2D eigenvalue weighted by molar-refractivity contribution is 7.90. The van der Waals surface area contributed by atoms with Crippen LogP contribution in [0.3, 0.4) is 0 Å². The van der Waals surface area contributed by atoms with Gasteiger partial charge in [0.15, 0.2) is 6.73 Å². The van der Waals surface area contributed by atoms with Crippen LogP contribution in [-0.4, -0.2) is 63.3 Å². The minimum atomic E-state index is -3.68. The van der Waals surface area contributed by atoms with Gasteiger partial charge in [0, 0.05) is 49.5 Å². The number of hydrogen-bond acceptors (Lipinski definition) is 6. The molecule has 3 aromatic carbocycles. The van der Waals surface area contributed by atoms with E-state index < -0.39 is 16.3 Å². The van der Waals surface area contributed by atoms with E-state index in [1.807, 2.05) is 24.3 Å². The van der Waals surface area contributed by atoms with Gasteiger partial charge in [-0.3, -0.25) is 0 Å². The summed E-state index contributed by atoms with van der Waals surface area (Å²) < 4.78 is 38.7. The highest BCUT2D eigenvalue weighted by Crippen LogP contribution is 2.38. The van der Waals surface area contributed by atoms with E-state index in [4.69, 9.17) is 9.47 Å². The summed E-state index contributed by atoms with van der Waals surface area (Å²) in [5.74, 6) is 1.24. The molecular formula is C25H28N4O5S. The molecule has 1 atom stereocenters. The number of benzene rings is 3. The number of aliphatic hydroxyl groups excluding tert-OH is 1. The van der Waals surface area contributed by atoms with Crippen LogP contribution >= 0.6 is 0 Å². The van der Waals surface area contributed by atoms with Gasteiger partial charge in [0.2, 0.25) is 0 Å². The van der Waals surface area contributed by atoms with Gasteiger partial charge in [-0.25, -0.2) is 4.31 Å². The Hall–Kier alpha value is -3.31. The van der Waals surface area contributed by atoms with Crippen molar-refractivity contribution in [2.75, 3.05) is 44.8 Å². The second kappa shape index (κ2) is 9.38. The average Bonchev–Trinajstić information content (AvgIpc) is 3.44. The van der Waals surface area contributed by atoms with Gasteiger partial charge < -0.3 is 24.9 Å². The highest BCUT2D eigenvalue weighted by atomic mass is 32.2. The van der Waals surface area contributed by atoms with Crippen LogP contribution in [0.15, 0.2) is 60.7 Å².